The first-order valence-electron chi connectivity index (χ1n) is 13.2. The van der Waals surface area contributed by atoms with Gasteiger partial charge in [0.1, 0.15) is 23.2 Å². The van der Waals surface area contributed by atoms with Gasteiger partial charge in [0, 0.05) is 11.5 Å². The third-order valence-corrected chi connectivity index (χ3v) is 9.37. The van der Waals surface area contributed by atoms with Crippen LogP contribution in [-0.4, -0.2) is 81.5 Å². The molecule has 4 aromatic rings. The van der Waals surface area contributed by atoms with E-state index in [4.69, 9.17) is 0 Å². The molecule has 2 aliphatic heterocycles. The van der Waals surface area contributed by atoms with E-state index in [0.717, 1.165) is 21.2 Å². The Morgan fingerprint density at radius 1 is 1.02 bits per heavy atom. The van der Waals surface area contributed by atoms with E-state index in [1.165, 1.54) is 11.8 Å². The summed E-state index contributed by atoms with van der Waals surface area (Å²) >= 11 is 2.20. The van der Waals surface area contributed by atoms with Crippen molar-refractivity contribution >= 4 is 58.4 Å². The average Bonchev–Trinajstić information content (AvgIpc) is 3.38. The van der Waals surface area contributed by atoms with E-state index in [2.05, 4.69) is 25.7 Å². The zero-order valence-corrected chi connectivity index (χ0v) is 24.4. The molecule has 45 heavy (non-hydrogen) atoms. The van der Waals surface area contributed by atoms with E-state index < -0.39 is 58.1 Å². The van der Waals surface area contributed by atoms with Crippen LogP contribution in [0.2, 0.25) is 0 Å². The number of carbonyl (C=O) groups excluding carboxylic acids is 3. The molecule has 230 valence electrons. The summed E-state index contributed by atoms with van der Waals surface area (Å²) in [5.74, 6) is -2.52. The molecule has 2 aliphatic rings. The molecule has 16 nitrogen and oxygen atoms in total. The maximum Gasteiger partial charge on any atom is 0.352 e. The fourth-order valence-corrected chi connectivity index (χ4v) is 7.28. The van der Waals surface area contributed by atoms with Crippen LogP contribution in [0.5, 0.6) is 0 Å². The lowest BCUT2D eigenvalue weighted by molar-refractivity contribution is -0.151. The largest absolute Gasteiger partial charge is 0.477 e. The van der Waals surface area contributed by atoms with E-state index in [9.17, 15) is 38.7 Å². The third kappa shape index (κ3) is 5.55. The summed E-state index contributed by atoms with van der Waals surface area (Å²) in [5.41, 5.74) is -1.30. The molecular weight excluding hydrogens is 628 g/mol. The summed E-state index contributed by atoms with van der Waals surface area (Å²) in [6, 6.07) is 11.5. The Morgan fingerprint density at radius 3 is 2.49 bits per heavy atom. The molecule has 2 aromatic carbocycles. The molecule has 0 bridgehead atoms. The number of thioether (sulfide) groups is 2. The van der Waals surface area contributed by atoms with Crippen molar-refractivity contribution in [2.75, 3.05) is 11.5 Å². The quantitative estimate of drug-likeness (QED) is 0.0839. The van der Waals surface area contributed by atoms with Crippen LogP contribution in [0.4, 0.5) is 4.79 Å². The van der Waals surface area contributed by atoms with E-state index >= 15 is 0 Å². The number of benzene rings is 2. The minimum Gasteiger partial charge on any atom is -0.477 e. The first-order chi connectivity index (χ1) is 21.6. The number of nitrogens with one attached hydrogen (secondary N) is 5. The maximum atomic E-state index is 13.6. The number of amides is 3. The van der Waals surface area contributed by atoms with Crippen LogP contribution in [0.3, 0.4) is 0 Å². The maximum absolute atomic E-state index is 13.6. The van der Waals surface area contributed by atoms with Crippen molar-refractivity contribution in [1.82, 2.24) is 40.3 Å². The Balaban J connectivity index is 1.21. The van der Waals surface area contributed by atoms with Gasteiger partial charge in [-0.25, -0.2) is 24.0 Å². The lowest BCUT2D eigenvalue weighted by Gasteiger charge is -2.49. The van der Waals surface area contributed by atoms with E-state index in [0.29, 0.717) is 22.2 Å². The monoisotopic (exact) mass is 650 g/mol. The van der Waals surface area contributed by atoms with Crippen molar-refractivity contribution in [2.45, 2.75) is 22.6 Å². The lowest BCUT2D eigenvalue weighted by Crippen LogP contribution is -2.71. The van der Waals surface area contributed by atoms with Gasteiger partial charge in [-0.3, -0.25) is 29.1 Å². The number of aromatic amines is 3. The summed E-state index contributed by atoms with van der Waals surface area (Å²) < 4.78 is 0.869. The fraction of sp³-hybridized carbons (Fsp3) is 0.185. The molecule has 0 saturated carbocycles. The van der Waals surface area contributed by atoms with Gasteiger partial charge in [-0.1, -0.05) is 54.2 Å². The number of imidazole rings is 1. The van der Waals surface area contributed by atoms with Gasteiger partial charge in [0.2, 0.25) is 5.91 Å². The van der Waals surface area contributed by atoms with Gasteiger partial charge >= 0.3 is 28.8 Å². The van der Waals surface area contributed by atoms with Crippen molar-refractivity contribution in [3.8, 4) is 0 Å². The Labute approximate surface area is 259 Å². The zero-order valence-electron chi connectivity index (χ0n) is 22.8. The third-order valence-electron chi connectivity index (χ3n) is 7.07. The number of nitrogens with zero attached hydrogens (tertiary/aromatic N) is 3. The predicted molar refractivity (Wildman–Crippen MR) is 162 cm³/mol. The standard InChI is InChI=1S/C27H22N8O8S2/c36-19(16(12-6-2-1-3-7-12)30-27(43)34-15-9-5-4-8-14(15)28-26(34)42)29-17-22(39)35-18(24(40)41)13(10-44-23(17)35)11-45-25-31-20(37)21(38)32-33-25/h1-9,16-17,23H,10-11H2,(H,28,42)(H,29,36)(H,30,43)(H,32,38)(H,40,41)(H,31,33,37)/t16?,17?,23-/m0/s1. The summed E-state index contributed by atoms with van der Waals surface area (Å²) in [5, 5.41) is 20.3. The number of aliphatic carboxylic acids is 1. The predicted octanol–water partition coefficient (Wildman–Crippen LogP) is -0.0689. The highest BCUT2D eigenvalue weighted by Gasteiger charge is 2.54. The summed E-state index contributed by atoms with van der Waals surface area (Å²) in [4.78, 5) is 93.8. The molecule has 6 N–H and O–H groups in total. The molecule has 18 heteroatoms. The number of hydrogen-bond acceptors (Lipinski definition) is 10. The normalized spacial score (nSPS) is 18.2. The van der Waals surface area contributed by atoms with Crippen LogP contribution in [0, 0.1) is 0 Å². The van der Waals surface area contributed by atoms with Crippen LogP contribution in [-0.2, 0) is 14.4 Å². The van der Waals surface area contributed by atoms with E-state index in [-0.39, 0.29) is 22.4 Å². The van der Waals surface area contributed by atoms with Crippen LogP contribution in [0.15, 0.2) is 85.4 Å². The molecule has 3 amide bonds. The number of aromatic nitrogens is 5. The van der Waals surface area contributed by atoms with Crippen molar-refractivity contribution in [2.24, 2.45) is 0 Å². The highest BCUT2D eigenvalue weighted by atomic mass is 32.2. The Bertz CT molecular complexity index is 2070. The second kappa shape index (κ2) is 12.0. The van der Waals surface area contributed by atoms with Crippen molar-refractivity contribution in [1.29, 1.82) is 0 Å². The highest BCUT2D eigenvalue weighted by molar-refractivity contribution is 8.01. The number of rotatable bonds is 8. The molecule has 3 atom stereocenters. The molecule has 0 spiro atoms. The van der Waals surface area contributed by atoms with Crippen molar-refractivity contribution < 1.29 is 24.3 Å². The summed E-state index contributed by atoms with van der Waals surface area (Å²) in [7, 11) is 0. The van der Waals surface area contributed by atoms with Crippen molar-refractivity contribution in [3.63, 3.8) is 0 Å². The fourth-order valence-electron chi connectivity index (χ4n) is 4.98. The SMILES string of the molecule is O=C(O)C1=C(CSc2n[nH]c(=O)c(=O)[nH]2)CS[C@H]2C(NC(=O)C(NC(=O)n3c(=O)[nH]c4ccccc43)c3ccccc3)C(=O)N12. The molecule has 1 saturated heterocycles. The van der Waals surface area contributed by atoms with Crippen molar-refractivity contribution in [3.05, 3.63) is 103 Å². The summed E-state index contributed by atoms with van der Waals surface area (Å²) in [6.45, 7) is 0. The minimum absolute atomic E-state index is 0.0481. The van der Waals surface area contributed by atoms with E-state index in [1.807, 2.05) is 5.10 Å². The smallest absolute Gasteiger partial charge is 0.352 e. The number of carboxylic acids is 1. The number of carbonyl (C=O) groups is 4. The Hall–Kier alpha value is -5.36. The lowest BCUT2D eigenvalue weighted by atomic mass is 10.0. The molecule has 4 heterocycles. The van der Waals surface area contributed by atoms with Crippen LogP contribution in [0.1, 0.15) is 11.6 Å². The van der Waals surface area contributed by atoms with E-state index in [1.54, 1.807) is 54.6 Å². The van der Waals surface area contributed by atoms with Gasteiger partial charge in [0.05, 0.1) is 11.0 Å². The Kier molecular flexibility index (Phi) is 7.90. The van der Waals surface area contributed by atoms with Gasteiger partial charge < -0.3 is 20.7 Å². The number of H-pyrrole nitrogens is 3. The molecule has 6 rings (SSSR count). The first-order valence-corrected chi connectivity index (χ1v) is 15.2. The Morgan fingerprint density at radius 2 is 1.76 bits per heavy atom. The number of hydrogen-bond donors (Lipinski definition) is 6. The minimum atomic E-state index is -1.35. The first kappa shape index (κ1) is 29.7. The molecule has 2 unspecified atom stereocenters. The number of para-hydroxylation sites is 2. The van der Waals surface area contributed by atoms with Gasteiger partial charge in [0.25, 0.3) is 5.91 Å². The molecule has 0 radical (unpaired) electrons. The molecule has 2 aromatic heterocycles. The van der Waals surface area contributed by atoms with Crippen LogP contribution < -0.4 is 27.4 Å². The topological polar surface area (TPSA) is 232 Å². The number of fused-ring (bicyclic) bond motifs is 2. The zero-order chi connectivity index (χ0) is 31.8. The second-order valence-electron chi connectivity index (χ2n) is 9.83. The number of β-lactam (4-membered cyclic amide) rings is 1. The highest BCUT2D eigenvalue weighted by Crippen LogP contribution is 2.41. The average molecular weight is 651 g/mol. The molecular formula is C27H22N8O8S2. The summed E-state index contributed by atoms with van der Waals surface area (Å²) in [6.07, 6.45) is 0. The van der Waals surface area contributed by atoms with Gasteiger partial charge in [-0.15, -0.1) is 16.9 Å². The van der Waals surface area contributed by atoms with Gasteiger partial charge in [-0.05, 0) is 23.3 Å². The number of carboxylic acid groups (broad SMARTS) is 1. The molecule has 1 fully saturated rings. The molecule has 0 aliphatic carbocycles. The van der Waals surface area contributed by atoms with Crippen LogP contribution in [0.25, 0.3) is 11.0 Å². The van der Waals surface area contributed by atoms with Gasteiger partial charge in [0.15, 0.2) is 5.16 Å². The van der Waals surface area contributed by atoms with Crippen LogP contribution >= 0.6 is 23.5 Å². The second-order valence-corrected chi connectivity index (χ2v) is 11.9. The van der Waals surface area contributed by atoms with Gasteiger partial charge in [-0.2, -0.15) is 0 Å².